The molecule has 8 nitrogen and oxygen atoms in total. The highest BCUT2D eigenvalue weighted by molar-refractivity contribution is 6.31. The van der Waals surface area contributed by atoms with Crippen LogP contribution in [0.25, 0.3) is 11.5 Å². The molecule has 0 unspecified atom stereocenters. The lowest BCUT2D eigenvalue weighted by molar-refractivity contribution is -0.121. The lowest BCUT2D eigenvalue weighted by atomic mass is 10.1. The van der Waals surface area contributed by atoms with Crippen LogP contribution in [0.5, 0.6) is 0 Å². The van der Waals surface area contributed by atoms with Gasteiger partial charge in [-0.2, -0.15) is 8.78 Å². The SMILES string of the molecule is O=C(CN1CCN(C2COC2)CC1)N(Cc1ccc(-c2nnc(C(F)F)o2)cc1F)c1ccc(F)c(Cl)c1. The van der Waals surface area contributed by atoms with E-state index in [0.717, 1.165) is 38.4 Å². The highest BCUT2D eigenvalue weighted by atomic mass is 35.5. The third-order valence-electron chi connectivity index (χ3n) is 6.67. The fourth-order valence-electron chi connectivity index (χ4n) is 4.39. The summed E-state index contributed by atoms with van der Waals surface area (Å²) in [7, 11) is 0. The van der Waals surface area contributed by atoms with E-state index in [1.165, 1.54) is 29.2 Å². The van der Waals surface area contributed by atoms with Crippen molar-refractivity contribution in [2.24, 2.45) is 0 Å². The average Bonchev–Trinajstić information content (AvgIpc) is 3.36. The van der Waals surface area contributed by atoms with Crippen LogP contribution in [0.2, 0.25) is 5.02 Å². The summed E-state index contributed by atoms with van der Waals surface area (Å²) in [4.78, 5) is 19.2. The second kappa shape index (κ2) is 11.4. The zero-order chi connectivity index (χ0) is 26.8. The maximum Gasteiger partial charge on any atom is 0.314 e. The van der Waals surface area contributed by atoms with Gasteiger partial charge in [0.2, 0.25) is 11.8 Å². The third kappa shape index (κ3) is 5.83. The fourth-order valence-corrected chi connectivity index (χ4v) is 4.57. The molecule has 3 aromatic rings. The molecule has 2 aromatic carbocycles. The zero-order valence-electron chi connectivity index (χ0n) is 20.1. The summed E-state index contributed by atoms with van der Waals surface area (Å²) < 4.78 is 64.6. The maximum absolute atomic E-state index is 15.1. The van der Waals surface area contributed by atoms with Crippen molar-refractivity contribution in [1.29, 1.82) is 0 Å². The fraction of sp³-hybridized carbons (Fsp3) is 0.400. The van der Waals surface area contributed by atoms with Crippen LogP contribution in [0.3, 0.4) is 0 Å². The van der Waals surface area contributed by atoms with Crippen molar-refractivity contribution < 1.29 is 31.5 Å². The molecule has 0 saturated carbocycles. The Labute approximate surface area is 220 Å². The Balaban J connectivity index is 1.33. The molecule has 3 heterocycles. The van der Waals surface area contributed by atoms with E-state index in [1.54, 1.807) is 0 Å². The Morgan fingerprint density at radius 1 is 1.05 bits per heavy atom. The van der Waals surface area contributed by atoms with Gasteiger partial charge in [-0.25, -0.2) is 8.78 Å². The molecule has 38 heavy (non-hydrogen) atoms. The molecule has 5 rings (SSSR count). The number of benzene rings is 2. The van der Waals surface area contributed by atoms with Gasteiger partial charge in [0.1, 0.15) is 11.6 Å². The number of nitrogens with zero attached hydrogens (tertiary/aromatic N) is 5. The van der Waals surface area contributed by atoms with Crippen LogP contribution in [0, 0.1) is 11.6 Å². The number of amides is 1. The minimum absolute atomic E-state index is 0.0854. The van der Waals surface area contributed by atoms with Crippen molar-refractivity contribution in [3.63, 3.8) is 0 Å². The number of rotatable bonds is 8. The molecular weight excluding hydrogens is 530 g/mol. The number of hydrogen-bond donors (Lipinski definition) is 0. The van der Waals surface area contributed by atoms with E-state index in [0.29, 0.717) is 24.8 Å². The largest absolute Gasteiger partial charge is 0.415 e. The minimum Gasteiger partial charge on any atom is -0.415 e. The highest BCUT2D eigenvalue weighted by Crippen LogP contribution is 2.28. The molecule has 1 aromatic heterocycles. The van der Waals surface area contributed by atoms with Crippen LogP contribution < -0.4 is 4.90 Å². The van der Waals surface area contributed by atoms with Gasteiger partial charge < -0.3 is 14.1 Å². The summed E-state index contributed by atoms with van der Waals surface area (Å²) in [5.74, 6) is -2.78. The molecule has 0 atom stereocenters. The number of hydrogen-bond acceptors (Lipinski definition) is 7. The molecule has 2 saturated heterocycles. The molecule has 0 N–H and O–H groups in total. The van der Waals surface area contributed by atoms with Crippen molar-refractivity contribution >= 4 is 23.2 Å². The minimum atomic E-state index is -2.95. The molecule has 2 aliphatic heterocycles. The Hall–Kier alpha value is -3.06. The second-order valence-electron chi connectivity index (χ2n) is 9.13. The van der Waals surface area contributed by atoms with Gasteiger partial charge >= 0.3 is 6.43 Å². The smallest absolute Gasteiger partial charge is 0.314 e. The number of piperazine rings is 1. The van der Waals surface area contributed by atoms with Gasteiger partial charge in [-0.1, -0.05) is 17.7 Å². The zero-order valence-corrected chi connectivity index (χ0v) is 20.9. The monoisotopic (exact) mass is 553 g/mol. The van der Waals surface area contributed by atoms with Gasteiger partial charge in [0.25, 0.3) is 5.89 Å². The van der Waals surface area contributed by atoms with Crippen LogP contribution in [0.1, 0.15) is 17.9 Å². The van der Waals surface area contributed by atoms with Crippen LogP contribution in [0.4, 0.5) is 23.2 Å². The summed E-state index contributed by atoms with van der Waals surface area (Å²) in [6.45, 7) is 4.36. The first-order chi connectivity index (χ1) is 18.3. The molecule has 202 valence electrons. The summed E-state index contributed by atoms with van der Waals surface area (Å²) in [6.07, 6.45) is -2.95. The molecule has 0 radical (unpaired) electrons. The summed E-state index contributed by atoms with van der Waals surface area (Å²) in [6, 6.07) is 8.21. The molecule has 2 aliphatic rings. The highest BCUT2D eigenvalue weighted by Gasteiger charge is 2.30. The van der Waals surface area contributed by atoms with Crippen LogP contribution in [-0.2, 0) is 16.1 Å². The first kappa shape index (κ1) is 26.5. The molecule has 2 fully saturated rings. The van der Waals surface area contributed by atoms with Gasteiger partial charge in [0, 0.05) is 43.0 Å². The Morgan fingerprint density at radius 2 is 1.82 bits per heavy atom. The average molecular weight is 554 g/mol. The Kier molecular flexibility index (Phi) is 7.93. The van der Waals surface area contributed by atoms with Gasteiger partial charge in [-0.05, 0) is 30.3 Å². The van der Waals surface area contributed by atoms with Crippen LogP contribution in [-0.4, -0.2) is 77.9 Å². The Bertz CT molecular complexity index is 1300. The summed E-state index contributed by atoms with van der Waals surface area (Å²) >= 11 is 5.98. The van der Waals surface area contributed by atoms with Gasteiger partial charge in [0.05, 0.1) is 37.4 Å². The third-order valence-corrected chi connectivity index (χ3v) is 6.96. The maximum atomic E-state index is 15.1. The summed E-state index contributed by atoms with van der Waals surface area (Å²) in [5.41, 5.74) is 0.572. The van der Waals surface area contributed by atoms with E-state index in [1.807, 2.05) is 4.90 Å². The predicted molar refractivity (Wildman–Crippen MR) is 130 cm³/mol. The number of alkyl halides is 2. The van der Waals surface area contributed by atoms with Crippen molar-refractivity contribution in [2.45, 2.75) is 19.0 Å². The van der Waals surface area contributed by atoms with E-state index in [-0.39, 0.29) is 41.0 Å². The second-order valence-corrected chi connectivity index (χ2v) is 9.54. The number of carbonyl (C=O) groups excluding carboxylic acids is 1. The van der Waals surface area contributed by atoms with E-state index < -0.39 is 24.0 Å². The lowest BCUT2D eigenvalue weighted by Crippen LogP contribution is -2.57. The van der Waals surface area contributed by atoms with E-state index in [4.69, 9.17) is 20.8 Å². The van der Waals surface area contributed by atoms with Crippen molar-refractivity contribution in [1.82, 2.24) is 20.0 Å². The number of aromatic nitrogens is 2. The van der Waals surface area contributed by atoms with Gasteiger partial charge in [-0.15, -0.1) is 10.2 Å². The number of carbonyl (C=O) groups is 1. The molecule has 1 amide bonds. The van der Waals surface area contributed by atoms with Crippen LogP contribution in [0.15, 0.2) is 40.8 Å². The predicted octanol–water partition coefficient (Wildman–Crippen LogP) is 4.16. The van der Waals surface area contributed by atoms with Crippen molar-refractivity contribution in [2.75, 3.05) is 50.8 Å². The number of halogens is 5. The van der Waals surface area contributed by atoms with Crippen molar-refractivity contribution in [3.8, 4) is 11.5 Å². The lowest BCUT2D eigenvalue weighted by Gasteiger charge is -2.42. The van der Waals surface area contributed by atoms with Gasteiger partial charge in [-0.3, -0.25) is 14.6 Å². The molecule has 13 heteroatoms. The normalized spacial score (nSPS) is 17.1. The van der Waals surface area contributed by atoms with Crippen LogP contribution >= 0.6 is 11.6 Å². The first-order valence-corrected chi connectivity index (χ1v) is 12.4. The number of anilines is 1. The first-order valence-electron chi connectivity index (χ1n) is 12.0. The van der Waals surface area contributed by atoms with E-state index in [2.05, 4.69) is 15.1 Å². The Morgan fingerprint density at radius 3 is 2.42 bits per heavy atom. The van der Waals surface area contributed by atoms with Crippen molar-refractivity contribution in [3.05, 3.63) is 64.5 Å². The summed E-state index contributed by atoms with van der Waals surface area (Å²) in [5, 5.41) is 6.61. The van der Waals surface area contributed by atoms with E-state index in [9.17, 15) is 18.0 Å². The topological polar surface area (TPSA) is 74.9 Å². The van der Waals surface area contributed by atoms with E-state index >= 15 is 4.39 Å². The standard InChI is InChI=1S/C25H24ClF4N5O3/c26-19-10-17(3-4-20(19)27)35(22(36)12-33-5-7-34(8-6-33)18-13-37-14-18)11-16-2-1-15(9-21(16)28)24-31-32-25(38-24)23(29)30/h1-4,9-10,18,23H,5-8,11-14H2. The number of ether oxygens (including phenoxy) is 1. The van der Waals surface area contributed by atoms with Gasteiger partial charge in [0.15, 0.2) is 0 Å². The molecule has 0 spiro atoms. The molecule has 0 aliphatic carbocycles. The molecule has 0 bridgehead atoms. The quantitative estimate of drug-likeness (QED) is 0.388. The molecular formula is C25H24ClF4N5O3.